The van der Waals surface area contributed by atoms with E-state index in [-0.39, 0.29) is 60.6 Å². The third-order valence-corrected chi connectivity index (χ3v) is 10.4. The zero-order valence-corrected chi connectivity index (χ0v) is 24.9. The molecule has 0 aromatic carbocycles. The van der Waals surface area contributed by atoms with Gasteiger partial charge in [0.2, 0.25) is 0 Å². The van der Waals surface area contributed by atoms with Gasteiger partial charge in [-0.25, -0.2) is 9.71 Å². The molecule has 2 atom stereocenters. The van der Waals surface area contributed by atoms with E-state index in [1.54, 1.807) is 10.9 Å². The maximum absolute atomic E-state index is 13.4. The highest BCUT2D eigenvalue weighted by atomic mass is 32.2. The Balaban J connectivity index is 1.27. The van der Waals surface area contributed by atoms with Gasteiger partial charge in [0.05, 0.1) is 11.0 Å². The summed E-state index contributed by atoms with van der Waals surface area (Å²) < 4.78 is 75.2. The van der Waals surface area contributed by atoms with Crippen LogP contribution in [-0.2, 0) is 26.1 Å². The quantitative estimate of drug-likeness (QED) is 0.535. The van der Waals surface area contributed by atoms with E-state index in [1.165, 1.54) is 23.1 Å². The summed E-state index contributed by atoms with van der Waals surface area (Å²) in [6, 6.07) is 4.28. The van der Waals surface area contributed by atoms with Gasteiger partial charge in [0, 0.05) is 44.4 Å². The molecule has 3 aliphatic heterocycles. The Morgan fingerprint density at radius 3 is 2.60 bits per heavy atom. The van der Waals surface area contributed by atoms with Gasteiger partial charge in [-0.2, -0.15) is 26.7 Å². The first-order valence-electron chi connectivity index (χ1n) is 14.6. The van der Waals surface area contributed by atoms with Crippen LogP contribution in [0.5, 0.6) is 0 Å². The molecule has 4 bridgehead atoms. The largest absolute Gasteiger partial charge is 0.394 e. The van der Waals surface area contributed by atoms with E-state index < -0.39 is 45.1 Å². The molecule has 5 heterocycles. The fourth-order valence-corrected chi connectivity index (χ4v) is 7.48. The normalized spacial score (nSPS) is 26.2. The van der Waals surface area contributed by atoms with E-state index in [2.05, 4.69) is 9.82 Å². The van der Waals surface area contributed by atoms with Gasteiger partial charge in [0.1, 0.15) is 17.7 Å². The van der Waals surface area contributed by atoms with Gasteiger partial charge in [-0.05, 0) is 76.5 Å². The standard InChI is InChI=1S/C28H35F3N6O5S/c1-26(2)16-18-4-3-12-35-13-8-22(33-35)43(40,41)34-24(38)19-5-6-21(32-23(19)37(26)17-18)36-14-7-20(25(36)39)42-15-11-27(9-10-27)28(29,30)31/h5-6,8,13,18,20H,3-4,7,9-12,14-17H2,1-2H3,(H,34,38)/t18-,20+/m1/s1. The number of alkyl halides is 3. The highest BCUT2D eigenvalue weighted by Crippen LogP contribution is 2.60. The summed E-state index contributed by atoms with van der Waals surface area (Å²) in [5.41, 5.74) is -2.08. The lowest BCUT2D eigenvalue weighted by Crippen LogP contribution is -2.41. The van der Waals surface area contributed by atoms with Gasteiger partial charge in [0.25, 0.3) is 21.8 Å². The number of hydrogen-bond donors (Lipinski definition) is 1. The molecule has 2 saturated heterocycles. The molecule has 2 aromatic heterocycles. The summed E-state index contributed by atoms with van der Waals surface area (Å²) in [7, 11) is -4.26. The van der Waals surface area contributed by atoms with Crippen LogP contribution in [-0.4, -0.2) is 72.5 Å². The molecule has 1 N–H and O–H groups in total. The van der Waals surface area contributed by atoms with Gasteiger partial charge >= 0.3 is 6.18 Å². The van der Waals surface area contributed by atoms with Crippen molar-refractivity contribution in [3.8, 4) is 0 Å². The predicted octanol–water partition coefficient (Wildman–Crippen LogP) is 3.65. The number of rotatable bonds is 5. The van der Waals surface area contributed by atoms with Gasteiger partial charge in [-0.1, -0.05) is 0 Å². The van der Waals surface area contributed by atoms with E-state index in [1.807, 2.05) is 18.7 Å². The highest BCUT2D eigenvalue weighted by molar-refractivity contribution is 7.90. The average Bonchev–Trinajstić information content (AvgIpc) is 3.25. The Labute approximate surface area is 247 Å². The lowest BCUT2D eigenvalue weighted by atomic mass is 9.93. The second kappa shape index (κ2) is 10.5. The molecule has 1 aliphatic carbocycles. The molecule has 11 nitrogen and oxygen atoms in total. The topological polar surface area (TPSA) is 127 Å². The minimum atomic E-state index is -4.28. The van der Waals surface area contributed by atoms with Gasteiger partial charge < -0.3 is 9.64 Å². The highest BCUT2D eigenvalue weighted by Gasteiger charge is 2.62. The van der Waals surface area contributed by atoms with Crippen molar-refractivity contribution in [2.45, 2.75) is 88.2 Å². The van der Waals surface area contributed by atoms with E-state index >= 15 is 0 Å². The fraction of sp³-hybridized carbons (Fsp3) is 0.643. The van der Waals surface area contributed by atoms with Crippen LogP contribution in [0.25, 0.3) is 0 Å². The fourth-order valence-electron chi connectivity index (χ4n) is 6.57. The van der Waals surface area contributed by atoms with Crippen molar-refractivity contribution >= 4 is 33.5 Å². The summed E-state index contributed by atoms with van der Waals surface area (Å²) in [6.07, 6.45) is -0.850. The Morgan fingerprint density at radius 1 is 1.12 bits per heavy atom. The summed E-state index contributed by atoms with van der Waals surface area (Å²) in [5, 5.41) is 3.88. The Bertz CT molecular complexity index is 1540. The van der Waals surface area contributed by atoms with Crippen molar-refractivity contribution in [1.82, 2.24) is 19.5 Å². The maximum Gasteiger partial charge on any atom is 0.394 e. The van der Waals surface area contributed by atoms with Crippen molar-refractivity contribution in [3.05, 3.63) is 30.0 Å². The number of ether oxygens (including phenoxy) is 1. The molecule has 4 aliphatic rings. The Morgan fingerprint density at radius 2 is 1.88 bits per heavy atom. The summed E-state index contributed by atoms with van der Waals surface area (Å²) in [5.74, 6) is -0.466. The summed E-state index contributed by atoms with van der Waals surface area (Å²) in [4.78, 5) is 34.9. The van der Waals surface area contributed by atoms with Crippen LogP contribution in [0.4, 0.5) is 24.8 Å². The molecule has 15 heteroatoms. The average molecular weight is 625 g/mol. The van der Waals surface area contributed by atoms with Crippen LogP contribution < -0.4 is 14.5 Å². The summed E-state index contributed by atoms with van der Waals surface area (Å²) in [6.45, 7) is 5.27. The molecule has 6 rings (SSSR count). The number of sulfonamides is 1. The van der Waals surface area contributed by atoms with Crippen LogP contribution in [0.2, 0.25) is 0 Å². The first-order valence-corrected chi connectivity index (χ1v) is 16.1. The molecule has 43 heavy (non-hydrogen) atoms. The van der Waals surface area contributed by atoms with Crippen molar-refractivity contribution < 1.29 is 35.9 Å². The number of amides is 2. The number of aromatic nitrogens is 3. The molecular weight excluding hydrogens is 589 g/mol. The molecule has 0 spiro atoms. The van der Waals surface area contributed by atoms with Crippen molar-refractivity contribution in [3.63, 3.8) is 0 Å². The van der Waals surface area contributed by atoms with E-state index in [9.17, 15) is 31.2 Å². The monoisotopic (exact) mass is 624 g/mol. The van der Waals surface area contributed by atoms with Crippen LogP contribution in [0, 0.1) is 11.3 Å². The molecule has 2 amide bonds. The maximum atomic E-state index is 13.4. The molecule has 0 radical (unpaired) electrons. The Hall–Kier alpha value is -3.20. The molecule has 234 valence electrons. The minimum absolute atomic E-state index is 0.0406. The lowest BCUT2D eigenvalue weighted by molar-refractivity contribution is -0.192. The van der Waals surface area contributed by atoms with Gasteiger partial charge in [-0.3, -0.25) is 19.2 Å². The van der Waals surface area contributed by atoms with Crippen LogP contribution in [0.15, 0.2) is 29.4 Å². The number of fused-ring (bicyclic) bond motifs is 6. The van der Waals surface area contributed by atoms with Crippen molar-refractivity contribution in [2.75, 3.05) is 29.5 Å². The number of pyridine rings is 1. The zero-order chi connectivity index (χ0) is 30.8. The third kappa shape index (κ3) is 5.61. The van der Waals surface area contributed by atoms with Crippen LogP contribution in [0.1, 0.15) is 69.2 Å². The number of aryl methyl sites for hydroxylation is 1. The smallest absolute Gasteiger partial charge is 0.368 e. The molecular formula is C28H35F3N6O5S. The number of hydrogen-bond acceptors (Lipinski definition) is 8. The van der Waals surface area contributed by atoms with Crippen molar-refractivity contribution in [1.29, 1.82) is 0 Å². The number of halogens is 3. The number of anilines is 2. The minimum Gasteiger partial charge on any atom is -0.368 e. The second-order valence-electron chi connectivity index (χ2n) is 12.7. The molecule has 2 aromatic rings. The van der Waals surface area contributed by atoms with Gasteiger partial charge in [-0.15, -0.1) is 0 Å². The second-order valence-corrected chi connectivity index (χ2v) is 14.3. The first-order chi connectivity index (χ1) is 20.2. The third-order valence-electron chi connectivity index (χ3n) is 9.23. The predicted molar refractivity (Wildman–Crippen MR) is 149 cm³/mol. The van der Waals surface area contributed by atoms with Gasteiger partial charge in [0.15, 0.2) is 5.03 Å². The van der Waals surface area contributed by atoms with E-state index in [0.29, 0.717) is 19.5 Å². The molecule has 1 saturated carbocycles. The number of nitrogens with zero attached hydrogens (tertiary/aromatic N) is 5. The lowest BCUT2D eigenvalue weighted by Gasteiger charge is -2.34. The SMILES string of the molecule is CC1(C)C[C@H]2CCCn3ccc(n3)S(=O)(=O)NC(=O)c3ccc(N4CC[C@H](OCCC5(C(F)(F)F)CC5)C4=O)nc3N1C2. The Kier molecular flexibility index (Phi) is 7.26. The number of nitrogens with one attached hydrogen (secondary N) is 1. The molecule has 3 fully saturated rings. The van der Waals surface area contributed by atoms with E-state index in [4.69, 9.17) is 9.72 Å². The molecule has 0 unspecified atom stereocenters. The number of carbonyl (C=O) groups is 2. The summed E-state index contributed by atoms with van der Waals surface area (Å²) >= 11 is 0. The van der Waals surface area contributed by atoms with Crippen LogP contribution in [0.3, 0.4) is 0 Å². The van der Waals surface area contributed by atoms with Crippen molar-refractivity contribution in [2.24, 2.45) is 11.3 Å². The first kappa shape index (κ1) is 29.9. The van der Waals surface area contributed by atoms with Crippen LogP contribution >= 0.6 is 0 Å². The van der Waals surface area contributed by atoms with E-state index in [0.717, 1.165) is 19.3 Å². The zero-order valence-electron chi connectivity index (χ0n) is 24.1. The number of carbonyl (C=O) groups excluding carboxylic acids is 2.